The summed E-state index contributed by atoms with van der Waals surface area (Å²) in [6.45, 7) is 3.41. The summed E-state index contributed by atoms with van der Waals surface area (Å²) >= 11 is 0. The molecule has 0 fully saturated rings. The third kappa shape index (κ3) is 7.22. The van der Waals surface area contributed by atoms with Crippen LogP contribution in [0.2, 0.25) is 0 Å². The Morgan fingerprint density at radius 3 is 1.27 bits per heavy atom. The van der Waals surface area contributed by atoms with Crippen LogP contribution in [0.1, 0.15) is 20.3 Å². The third-order valence-electron chi connectivity index (χ3n) is 1.51. The first kappa shape index (κ1) is 16.2. The van der Waals surface area contributed by atoms with E-state index in [-0.39, 0.29) is 11.5 Å². The number of hydrogen-bond acceptors (Lipinski definition) is 4. The van der Waals surface area contributed by atoms with E-state index >= 15 is 0 Å². The van der Waals surface area contributed by atoms with Gasteiger partial charge in [-0.3, -0.25) is 0 Å². The zero-order valence-electron chi connectivity index (χ0n) is 8.80. The summed E-state index contributed by atoms with van der Waals surface area (Å²) in [4.78, 5) is 0. The highest BCUT2D eigenvalue weighted by Crippen LogP contribution is 2.10. The molecule has 0 aromatic rings. The molecule has 15 heavy (non-hydrogen) atoms. The molecule has 0 N–H and O–H groups in total. The Labute approximate surface area is 102 Å². The smallest absolute Gasteiger partial charge is 0.170 e. The minimum Gasteiger partial charge on any atom is -0.571 e. The van der Waals surface area contributed by atoms with E-state index in [0.717, 1.165) is 0 Å². The van der Waals surface area contributed by atoms with Gasteiger partial charge < -0.3 is 18.2 Å². The number of hydrogen-bond donors (Lipinski definition) is 0. The number of rotatable bonds is 8. The molecular weight excluding hydrogens is 276 g/mol. The van der Waals surface area contributed by atoms with E-state index in [1.165, 1.54) is 0 Å². The van der Waals surface area contributed by atoms with E-state index in [1.54, 1.807) is 13.8 Å². The SMILES string of the molecule is CC[S+]([O-])[S+]([O-])CCC[S+]([O-])[S+]([O-])CC. The molecule has 0 saturated carbocycles. The maximum atomic E-state index is 11.2. The summed E-state index contributed by atoms with van der Waals surface area (Å²) in [6.07, 6.45) is 0.441. The van der Waals surface area contributed by atoms with Crippen molar-refractivity contribution in [2.45, 2.75) is 20.3 Å². The molecule has 4 nitrogen and oxygen atoms in total. The van der Waals surface area contributed by atoms with Crippen LogP contribution in [0.25, 0.3) is 0 Å². The van der Waals surface area contributed by atoms with Gasteiger partial charge in [0.2, 0.25) is 0 Å². The van der Waals surface area contributed by atoms with Gasteiger partial charge in [-0.2, -0.15) is 0 Å². The zero-order chi connectivity index (χ0) is 11.8. The second kappa shape index (κ2) is 9.29. The van der Waals surface area contributed by atoms with Gasteiger partial charge in [0.15, 0.2) is 63.8 Å². The molecule has 4 atom stereocenters. The topological polar surface area (TPSA) is 92.2 Å². The zero-order valence-corrected chi connectivity index (χ0v) is 12.1. The summed E-state index contributed by atoms with van der Waals surface area (Å²) < 4.78 is 44.6. The lowest BCUT2D eigenvalue weighted by Gasteiger charge is -2.12. The molecule has 92 valence electrons. The lowest BCUT2D eigenvalue weighted by molar-refractivity contribution is 0.578. The molecule has 0 rings (SSSR count). The van der Waals surface area contributed by atoms with Gasteiger partial charge >= 0.3 is 0 Å². The highest BCUT2D eigenvalue weighted by atomic mass is 33.2. The Kier molecular flexibility index (Phi) is 10.1. The molecule has 0 saturated heterocycles. The van der Waals surface area contributed by atoms with Gasteiger partial charge in [-0.15, -0.1) is 0 Å². The van der Waals surface area contributed by atoms with Crippen molar-refractivity contribution in [3.8, 4) is 0 Å². The summed E-state index contributed by atoms with van der Waals surface area (Å²) in [5.41, 5.74) is 0. The molecule has 0 aliphatic rings. The van der Waals surface area contributed by atoms with Crippen LogP contribution >= 0.6 is 0 Å². The highest BCUT2D eigenvalue weighted by molar-refractivity contribution is 8.67. The molecule has 0 aromatic carbocycles. The summed E-state index contributed by atoms with van der Waals surface area (Å²) in [5.74, 6) is 1.29. The summed E-state index contributed by atoms with van der Waals surface area (Å²) in [7, 11) is -5.32. The highest BCUT2D eigenvalue weighted by Gasteiger charge is 2.26. The molecule has 4 unspecified atom stereocenters. The van der Waals surface area contributed by atoms with Crippen LogP contribution in [-0.4, -0.2) is 41.2 Å². The van der Waals surface area contributed by atoms with Crippen LogP contribution in [-0.2, 0) is 40.8 Å². The van der Waals surface area contributed by atoms with Crippen molar-refractivity contribution in [2.75, 3.05) is 23.0 Å². The van der Waals surface area contributed by atoms with Crippen molar-refractivity contribution in [1.29, 1.82) is 0 Å². The molecule has 0 aliphatic heterocycles. The second-order valence-electron chi connectivity index (χ2n) is 2.55. The lowest BCUT2D eigenvalue weighted by Crippen LogP contribution is -2.25. The van der Waals surface area contributed by atoms with Gasteiger partial charge in [-0.1, -0.05) is 0 Å². The first-order valence-corrected chi connectivity index (χ1v) is 10.9. The fourth-order valence-electron chi connectivity index (χ4n) is 0.743. The predicted octanol–water partition coefficient (Wildman–Crippen LogP) is 0.241. The Morgan fingerprint density at radius 2 is 1.00 bits per heavy atom. The molecule has 8 heteroatoms. The van der Waals surface area contributed by atoms with E-state index in [2.05, 4.69) is 0 Å². The average Bonchev–Trinajstić information content (AvgIpc) is 2.26. The van der Waals surface area contributed by atoms with Gasteiger partial charge in [-0.25, -0.2) is 0 Å². The first-order chi connectivity index (χ1) is 7.02. The molecule has 0 bridgehead atoms. The largest absolute Gasteiger partial charge is 0.571 e. The molecule has 0 spiro atoms. The van der Waals surface area contributed by atoms with Gasteiger partial charge in [0.25, 0.3) is 0 Å². The van der Waals surface area contributed by atoms with Crippen molar-refractivity contribution < 1.29 is 18.2 Å². The lowest BCUT2D eigenvalue weighted by atomic mass is 10.6. The Balaban J connectivity index is 3.60. The predicted molar refractivity (Wildman–Crippen MR) is 68.0 cm³/mol. The quantitative estimate of drug-likeness (QED) is 0.473. The van der Waals surface area contributed by atoms with Crippen LogP contribution in [0.5, 0.6) is 0 Å². The van der Waals surface area contributed by atoms with E-state index in [9.17, 15) is 18.2 Å². The Bertz CT molecular complexity index is 146. The van der Waals surface area contributed by atoms with Crippen LogP contribution in [0, 0.1) is 0 Å². The van der Waals surface area contributed by atoms with Crippen molar-refractivity contribution in [2.24, 2.45) is 0 Å². The minimum absolute atomic E-state index is 0.271. The summed E-state index contributed by atoms with van der Waals surface area (Å²) in [5, 5.41) is 0. The molecule has 0 amide bonds. The molecule has 0 aromatic heterocycles. The van der Waals surface area contributed by atoms with Crippen LogP contribution in [0.3, 0.4) is 0 Å². The van der Waals surface area contributed by atoms with Gasteiger partial charge in [0.05, 0.1) is 0 Å². The van der Waals surface area contributed by atoms with Gasteiger partial charge in [0.1, 0.15) is 0 Å². The Hall–Kier alpha value is 1.24. The van der Waals surface area contributed by atoms with E-state index in [4.69, 9.17) is 0 Å². The maximum Gasteiger partial charge on any atom is 0.170 e. The second-order valence-corrected chi connectivity index (χ2v) is 11.4. The Morgan fingerprint density at radius 1 is 0.667 bits per heavy atom. The normalized spacial score (nSPS) is 19.6. The minimum atomic E-state index is -1.36. The molecular formula is C7H16O4S4. The third-order valence-corrected chi connectivity index (χ3v) is 9.43. The van der Waals surface area contributed by atoms with Crippen molar-refractivity contribution in [1.82, 2.24) is 0 Å². The van der Waals surface area contributed by atoms with Crippen LogP contribution in [0.15, 0.2) is 0 Å². The van der Waals surface area contributed by atoms with Crippen molar-refractivity contribution >= 4 is 40.8 Å². The van der Waals surface area contributed by atoms with E-state index in [0.29, 0.717) is 17.9 Å². The maximum absolute atomic E-state index is 11.2. The molecule has 0 aliphatic carbocycles. The van der Waals surface area contributed by atoms with Crippen LogP contribution in [0.4, 0.5) is 0 Å². The van der Waals surface area contributed by atoms with Gasteiger partial charge in [0, 0.05) is 6.42 Å². The standard InChI is InChI=1S/C7H16O4S4/c1-3-12(8)14(10)6-5-7-15(11)13(9)4-2/h3-7H2,1-2H3. The fraction of sp³-hybridized carbons (Fsp3) is 1.00. The summed E-state index contributed by atoms with van der Waals surface area (Å²) in [6, 6.07) is 0. The van der Waals surface area contributed by atoms with Crippen LogP contribution < -0.4 is 0 Å². The monoisotopic (exact) mass is 292 g/mol. The van der Waals surface area contributed by atoms with E-state index < -0.39 is 40.8 Å². The van der Waals surface area contributed by atoms with Gasteiger partial charge in [-0.05, 0) is 13.8 Å². The van der Waals surface area contributed by atoms with E-state index in [1.807, 2.05) is 0 Å². The fourth-order valence-corrected chi connectivity index (χ4v) is 5.98. The first-order valence-electron chi connectivity index (χ1n) is 4.57. The molecule has 0 radical (unpaired) electrons. The molecule has 0 heterocycles. The van der Waals surface area contributed by atoms with Crippen molar-refractivity contribution in [3.63, 3.8) is 0 Å². The van der Waals surface area contributed by atoms with Crippen molar-refractivity contribution in [3.05, 3.63) is 0 Å². The average molecular weight is 292 g/mol.